The molecule has 0 bridgehead atoms. The number of carbonyl (C=O) groups excluding carboxylic acids is 1. The van der Waals surface area contributed by atoms with Gasteiger partial charge in [0.15, 0.2) is 6.79 Å². The minimum atomic E-state index is -0.699. The van der Waals surface area contributed by atoms with Crippen LogP contribution in [0, 0.1) is 10.1 Å². The Morgan fingerprint density at radius 3 is 2.93 bits per heavy atom. The van der Waals surface area contributed by atoms with Crippen LogP contribution >= 0.6 is 11.6 Å². The van der Waals surface area contributed by atoms with Crippen LogP contribution in [0.4, 0.5) is 5.69 Å². The SMILES string of the molecule is O=C(OCc1cc([N+](=O)[O-])cc2c1OCOC2)c1cc2cc(Cl)ccc2o1. The summed E-state index contributed by atoms with van der Waals surface area (Å²) in [5, 5.41) is 12.3. The fourth-order valence-electron chi connectivity index (χ4n) is 2.82. The molecule has 2 aromatic carbocycles. The number of esters is 1. The molecule has 1 aromatic heterocycles. The zero-order chi connectivity index (χ0) is 19.0. The van der Waals surface area contributed by atoms with Gasteiger partial charge in [-0.15, -0.1) is 0 Å². The fraction of sp³-hybridized carbons (Fsp3) is 0.167. The van der Waals surface area contributed by atoms with E-state index in [0.29, 0.717) is 32.9 Å². The fourth-order valence-corrected chi connectivity index (χ4v) is 3.00. The molecule has 0 saturated heterocycles. The summed E-state index contributed by atoms with van der Waals surface area (Å²) in [4.78, 5) is 22.9. The summed E-state index contributed by atoms with van der Waals surface area (Å²) in [7, 11) is 0. The Balaban J connectivity index is 1.57. The Kier molecular flexibility index (Phi) is 4.43. The zero-order valence-electron chi connectivity index (χ0n) is 13.8. The molecule has 1 aliphatic heterocycles. The van der Waals surface area contributed by atoms with Crippen molar-refractivity contribution in [2.75, 3.05) is 6.79 Å². The number of furan rings is 1. The lowest BCUT2D eigenvalue weighted by atomic mass is 10.1. The number of nitro groups is 1. The molecule has 138 valence electrons. The second-order valence-electron chi connectivity index (χ2n) is 5.83. The Bertz CT molecular complexity index is 1060. The highest BCUT2D eigenvalue weighted by molar-refractivity contribution is 6.31. The van der Waals surface area contributed by atoms with E-state index in [-0.39, 0.29) is 31.5 Å². The van der Waals surface area contributed by atoms with Gasteiger partial charge in [0.1, 0.15) is 17.9 Å². The second-order valence-corrected chi connectivity index (χ2v) is 6.27. The molecular formula is C18H12ClNO7. The highest BCUT2D eigenvalue weighted by Crippen LogP contribution is 2.33. The van der Waals surface area contributed by atoms with E-state index < -0.39 is 10.9 Å². The first kappa shape index (κ1) is 17.3. The highest BCUT2D eigenvalue weighted by atomic mass is 35.5. The molecule has 0 saturated carbocycles. The Hall–Kier alpha value is -3.10. The normalized spacial score (nSPS) is 13.1. The van der Waals surface area contributed by atoms with E-state index in [1.807, 2.05) is 0 Å². The van der Waals surface area contributed by atoms with Gasteiger partial charge in [0, 0.05) is 33.7 Å². The predicted octanol–water partition coefficient (Wildman–Crippen LogP) is 4.22. The molecule has 1 aliphatic rings. The van der Waals surface area contributed by atoms with E-state index in [4.69, 9.17) is 30.2 Å². The largest absolute Gasteiger partial charge is 0.467 e. The van der Waals surface area contributed by atoms with Crippen molar-refractivity contribution < 1.29 is 28.3 Å². The van der Waals surface area contributed by atoms with Crippen LogP contribution in [0.3, 0.4) is 0 Å². The van der Waals surface area contributed by atoms with E-state index >= 15 is 0 Å². The maximum absolute atomic E-state index is 12.3. The number of fused-ring (bicyclic) bond motifs is 2. The van der Waals surface area contributed by atoms with Crippen LogP contribution in [-0.4, -0.2) is 17.7 Å². The van der Waals surface area contributed by atoms with Crippen molar-refractivity contribution in [2.45, 2.75) is 13.2 Å². The van der Waals surface area contributed by atoms with Gasteiger partial charge in [0.05, 0.1) is 11.5 Å². The summed E-state index contributed by atoms with van der Waals surface area (Å²) in [5.41, 5.74) is 1.28. The van der Waals surface area contributed by atoms with Crippen LogP contribution in [0.5, 0.6) is 5.75 Å². The van der Waals surface area contributed by atoms with E-state index in [9.17, 15) is 14.9 Å². The van der Waals surface area contributed by atoms with Crippen molar-refractivity contribution in [1.29, 1.82) is 0 Å². The predicted molar refractivity (Wildman–Crippen MR) is 93.7 cm³/mol. The molecular weight excluding hydrogens is 378 g/mol. The van der Waals surface area contributed by atoms with Crippen molar-refractivity contribution in [3.05, 3.63) is 68.4 Å². The second kappa shape index (κ2) is 6.90. The number of hydrogen-bond acceptors (Lipinski definition) is 7. The van der Waals surface area contributed by atoms with Gasteiger partial charge in [-0.1, -0.05) is 11.6 Å². The van der Waals surface area contributed by atoms with Gasteiger partial charge in [0.25, 0.3) is 5.69 Å². The Morgan fingerprint density at radius 2 is 2.11 bits per heavy atom. The number of benzene rings is 2. The molecule has 27 heavy (non-hydrogen) atoms. The number of nitrogens with zero attached hydrogens (tertiary/aromatic N) is 1. The summed E-state index contributed by atoms with van der Waals surface area (Å²) in [6, 6.07) is 9.19. The summed E-state index contributed by atoms with van der Waals surface area (Å²) in [6.45, 7) is -0.000962. The first-order chi connectivity index (χ1) is 13.0. The molecule has 3 aromatic rings. The van der Waals surface area contributed by atoms with Crippen LogP contribution in [0.15, 0.2) is 40.8 Å². The monoisotopic (exact) mass is 389 g/mol. The quantitative estimate of drug-likeness (QED) is 0.374. The minimum absolute atomic E-state index is 0.0100. The molecule has 0 N–H and O–H groups in total. The van der Waals surface area contributed by atoms with Crippen molar-refractivity contribution in [3.63, 3.8) is 0 Å². The lowest BCUT2D eigenvalue weighted by Crippen LogP contribution is -2.15. The third-order valence-corrected chi connectivity index (χ3v) is 4.26. The summed E-state index contributed by atoms with van der Waals surface area (Å²) in [6.07, 6.45) is 0. The van der Waals surface area contributed by atoms with Gasteiger partial charge in [-0.25, -0.2) is 4.79 Å². The molecule has 9 heteroatoms. The molecule has 0 unspecified atom stereocenters. The molecule has 0 amide bonds. The number of rotatable bonds is 4. The van der Waals surface area contributed by atoms with Crippen LogP contribution in [-0.2, 0) is 22.7 Å². The molecule has 2 heterocycles. The molecule has 0 radical (unpaired) electrons. The lowest BCUT2D eigenvalue weighted by molar-refractivity contribution is -0.385. The van der Waals surface area contributed by atoms with Gasteiger partial charge in [-0.2, -0.15) is 0 Å². The van der Waals surface area contributed by atoms with Crippen molar-refractivity contribution in [3.8, 4) is 5.75 Å². The number of ether oxygens (including phenoxy) is 3. The molecule has 8 nitrogen and oxygen atoms in total. The number of carbonyl (C=O) groups is 1. The number of nitro benzene ring substituents is 1. The zero-order valence-corrected chi connectivity index (χ0v) is 14.5. The molecule has 0 spiro atoms. The Labute approximate surface area is 157 Å². The Morgan fingerprint density at radius 1 is 1.26 bits per heavy atom. The van der Waals surface area contributed by atoms with Crippen molar-refractivity contribution in [2.24, 2.45) is 0 Å². The molecule has 4 rings (SSSR count). The molecule has 0 atom stereocenters. The average Bonchev–Trinajstić information content (AvgIpc) is 3.08. The van der Waals surface area contributed by atoms with E-state index in [1.165, 1.54) is 18.2 Å². The highest BCUT2D eigenvalue weighted by Gasteiger charge is 2.22. The standard InChI is InChI=1S/C18H12ClNO7/c19-13-1-2-15-10(3-13)6-16(27-15)18(21)25-8-12-5-14(20(22)23)4-11-7-24-9-26-17(11)12/h1-6H,7-9H2. The van der Waals surface area contributed by atoms with Gasteiger partial charge in [-0.3, -0.25) is 10.1 Å². The van der Waals surface area contributed by atoms with Crippen molar-refractivity contribution >= 4 is 34.2 Å². The third-order valence-electron chi connectivity index (χ3n) is 4.02. The maximum Gasteiger partial charge on any atom is 0.374 e. The number of hydrogen-bond donors (Lipinski definition) is 0. The van der Waals surface area contributed by atoms with Crippen LogP contribution < -0.4 is 4.74 Å². The minimum Gasteiger partial charge on any atom is -0.467 e. The van der Waals surface area contributed by atoms with Gasteiger partial charge < -0.3 is 18.6 Å². The van der Waals surface area contributed by atoms with Crippen LogP contribution in [0.1, 0.15) is 21.7 Å². The third kappa shape index (κ3) is 3.44. The summed E-state index contributed by atoms with van der Waals surface area (Å²) >= 11 is 5.92. The van der Waals surface area contributed by atoms with Crippen LogP contribution in [0.25, 0.3) is 11.0 Å². The molecule has 0 fully saturated rings. The lowest BCUT2D eigenvalue weighted by Gasteiger charge is -2.20. The molecule has 0 aliphatic carbocycles. The van der Waals surface area contributed by atoms with E-state index in [2.05, 4.69) is 0 Å². The number of halogens is 1. The topological polar surface area (TPSA) is 101 Å². The average molecular weight is 390 g/mol. The van der Waals surface area contributed by atoms with Gasteiger partial charge >= 0.3 is 5.97 Å². The first-order valence-corrected chi connectivity index (χ1v) is 8.26. The summed E-state index contributed by atoms with van der Waals surface area (Å²) < 4.78 is 21.3. The van der Waals surface area contributed by atoms with Gasteiger partial charge in [-0.05, 0) is 24.3 Å². The van der Waals surface area contributed by atoms with Crippen LogP contribution in [0.2, 0.25) is 5.02 Å². The maximum atomic E-state index is 12.3. The van der Waals surface area contributed by atoms with E-state index in [1.54, 1.807) is 18.2 Å². The first-order valence-electron chi connectivity index (χ1n) is 7.88. The number of non-ortho nitro benzene ring substituents is 1. The van der Waals surface area contributed by atoms with Crippen molar-refractivity contribution in [1.82, 2.24) is 0 Å². The van der Waals surface area contributed by atoms with Gasteiger partial charge in [0.2, 0.25) is 5.76 Å². The van der Waals surface area contributed by atoms with E-state index in [0.717, 1.165) is 0 Å². The smallest absolute Gasteiger partial charge is 0.374 e. The summed E-state index contributed by atoms with van der Waals surface area (Å²) in [5.74, 6) is -0.263.